The largest absolute Gasteiger partial charge is 0.325 e. The summed E-state index contributed by atoms with van der Waals surface area (Å²) in [5.41, 5.74) is 7.36. The maximum atomic E-state index is 5.88. The van der Waals surface area contributed by atoms with Crippen LogP contribution in [0.2, 0.25) is 0 Å². The van der Waals surface area contributed by atoms with E-state index in [0.717, 1.165) is 0 Å². The smallest absolute Gasteiger partial charge is 0.0125 e. The molecule has 0 spiro atoms. The van der Waals surface area contributed by atoms with Crippen molar-refractivity contribution in [2.75, 3.05) is 0 Å². The van der Waals surface area contributed by atoms with Gasteiger partial charge in [0.15, 0.2) is 0 Å². The van der Waals surface area contributed by atoms with Crippen LogP contribution in [0.15, 0.2) is 30.3 Å². The Bertz CT molecular complexity index is 416. The first kappa shape index (κ1) is 26.2. The SMILES string of the molecule is CC(C)C(C)C(C)(C)N.CCCCCCCCCCCCc1ccccc1. The monoisotopic (exact) mass is 375 g/mol. The summed E-state index contributed by atoms with van der Waals surface area (Å²) < 4.78 is 0. The predicted octanol–water partition coefficient (Wildman–Crippen LogP) is 8.17. The number of unbranched alkanes of at least 4 members (excludes halogenated alkanes) is 9. The first-order chi connectivity index (χ1) is 12.8. The molecule has 1 rings (SSSR count). The van der Waals surface area contributed by atoms with Gasteiger partial charge in [0, 0.05) is 5.54 Å². The molecule has 0 aromatic heterocycles. The maximum Gasteiger partial charge on any atom is 0.0125 e. The summed E-state index contributed by atoms with van der Waals surface area (Å²) in [4.78, 5) is 0. The zero-order valence-electron chi connectivity index (χ0n) is 19.4. The van der Waals surface area contributed by atoms with Crippen molar-refractivity contribution in [3.63, 3.8) is 0 Å². The highest BCUT2D eigenvalue weighted by Gasteiger charge is 2.22. The van der Waals surface area contributed by atoms with Gasteiger partial charge in [0.25, 0.3) is 0 Å². The fourth-order valence-corrected chi connectivity index (χ4v) is 3.32. The summed E-state index contributed by atoms with van der Waals surface area (Å²) in [6.45, 7) is 13.1. The van der Waals surface area contributed by atoms with Gasteiger partial charge in [-0.3, -0.25) is 0 Å². The summed E-state index contributed by atoms with van der Waals surface area (Å²) in [6, 6.07) is 10.9. The van der Waals surface area contributed by atoms with Crippen LogP contribution in [0.4, 0.5) is 0 Å². The van der Waals surface area contributed by atoms with Crippen molar-refractivity contribution in [1.29, 1.82) is 0 Å². The van der Waals surface area contributed by atoms with Gasteiger partial charge in [0.2, 0.25) is 0 Å². The number of hydrogen-bond donors (Lipinski definition) is 1. The molecule has 1 aromatic carbocycles. The minimum atomic E-state index is -0.0197. The number of rotatable bonds is 13. The topological polar surface area (TPSA) is 26.0 Å². The third kappa shape index (κ3) is 15.9. The van der Waals surface area contributed by atoms with Crippen LogP contribution in [0.25, 0.3) is 0 Å². The number of aryl methyl sites for hydroxylation is 1. The van der Waals surface area contributed by atoms with Crippen molar-refractivity contribution in [2.45, 2.75) is 118 Å². The molecule has 0 aliphatic heterocycles. The van der Waals surface area contributed by atoms with Crippen LogP contribution in [-0.4, -0.2) is 5.54 Å². The molecule has 1 unspecified atom stereocenters. The molecule has 2 N–H and O–H groups in total. The van der Waals surface area contributed by atoms with E-state index in [1.165, 1.54) is 76.2 Å². The second kappa shape index (κ2) is 16.2. The van der Waals surface area contributed by atoms with Gasteiger partial charge in [-0.25, -0.2) is 0 Å². The second-order valence-electron chi connectivity index (χ2n) is 9.27. The predicted molar refractivity (Wildman–Crippen MR) is 124 cm³/mol. The fourth-order valence-electron chi connectivity index (χ4n) is 3.32. The van der Waals surface area contributed by atoms with Crippen molar-refractivity contribution in [3.05, 3.63) is 35.9 Å². The van der Waals surface area contributed by atoms with Crippen molar-refractivity contribution in [1.82, 2.24) is 0 Å². The minimum absolute atomic E-state index is 0.0197. The van der Waals surface area contributed by atoms with E-state index >= 15 is 0 Å². The van der Waals surface area contributed by atoms with E-state index in [1.54, 1.807) is 0 Å². The van der Waals surface area contributed by atoms with E-state index in [-0.39, 0.29) is 5.54 Å². The molecule has 0 heterocycles. The Kier molecular flexibility index (Phi) is 15.7. The van der Waals surface area contributed by atoms with Gasteiger partial charge in [-0.2, -0.15) is 0 Å². The van der Waals surface area contributed by atoms with Gasteiger partial charge < -0.3 is 5.73 Å². The maximum absolute atomic E-state index is 5.88. The van der Waals surface area contributed by atoms with Crippen molar-refractivity contribution < 1.29 is 0 Å². The Morgan fingerprint density at radius 2 is 1.19 bits per heavy atom. The molecule has 27 heavy (non-hydrogen) atoms. The molecule has 1 nitrogen and oxygen atoms in total. The Labute approximate surface area is 171 Å². The lowest BCUT2D eigenvalue weighted by molar-refractivity contribution is 0.267. The average molecular weight is 376 g/mol. The van der Waals surface area contributed by atoms with Crippen LogP contribution in [0, 0.1) is 11.8 Å². The average Bonchev–Trinajstić information content (AvgIpc) is 2.63. The van der Waals surface area contributed by atoms with Gasteiger partial charge in [0.1, 0.15) is 0 Å². The molecular formula is C26H49N. The number of nitrogens with two attached hydrogens (primary N) is 1. The summed E-state index contributed by atoms with van der Waals surface area (Å²) in [5.74, 6) is 1.28. The lowest BCUT2D eigenvalue weighted by atomic mass is 9.82. The van der Waals surface area contributed by atoms with Crippen molar-refractivity contribution >= 4 is 0 Å². The Hall–Kier alpha value is -0.820. The molecule has 0 radical (unpaired) electrons. The molecule has 158 valence electrons. The van der Waals surface area contributed by atoms with Crippen LogP contribution in [-0.2, 0) is 6.42 Å². The van der Waals surface area contributed by atoms with Crippen LogP contribution in [0.1, 0.15) is 111 Å². The molecule has 0 saturated heterocycles. The summed E-state index contributed by atoms with van der Waals surface area (Å²) in [7, 11) is 0. The van der Waals surface area contributed by atoms with E-state index < -0.39 is 0 Å². The first-order valence-electron chi connectivity index (χ1n) is 11.6. The van der Waals surface area contributed by atoms with E-state index in [2.05, 4.69) is 71.9 Å². The first-order valence-corrected chi connectivity index (χ1v) is 11.6. The van der Waals surface area contributed by atoms with Crippen molar-refractivity contribution in [2.24, 2.45) is 17.6 Å². The van der Waals surface area contributed by atoms with E-state index in [4.69, 9.17) is 5.73 Å². The number of benzene rings is 1. The molecule has 0 aliphatic carbocycles. The zero-order chi connectivity index (χ0) is 20.5. The fraction of sp³-hybridized carbons (Fsp3) is 0.769. The zero-order valence-corrected chi connectivity index (χ0v) is 19.4. The van der Waals surface area contributed by atoms with E-state index in [1.807, 2.05) is 0 Å². The molecule has 1 heteroatoms. The molecule has 0 saturated carbocycles. The Balaban J connectivity index is 0.000000636. The summed E-state index contributed by atoms with van der Waals surface area (Å²) in [6.07, 6.45) is 15.5. The molecule has 0 bridgehead atoms. The second-order valence-corrected chi connectivity index (χ2v) is 9.27. The van der Waals surface area contributed by atoms with Gasteiger partial charge in [0.05, 0.1) is 0 Å². The van der Waals surface area contributed by atoms with Gasteiger partial charge in [-0.15, -0.1) is 0 Å². The van der Waals surface area contributed by atoms with E-state index in [0.29, 0.717) is 11.8 Å². The van der Waals surface area contributed by atoms with Crippen LogP contribution < -0.4 is 5.73 Å². The normalized spacial score (nSPS) is 12.6. The molecule has 0 fully saturated rings. The third-order valence-corrected chi connectivity index (χ3v) is 5.84. The summed E-state index contributed by atoms with van der Waals surface area (Å²) in [5, 5.41) is 0. The highest BCUT2D eigenvalue weighted by Crippen LogP contribution is 2.20. The van der Waals surface area contributed by atoms with Crippen molar-refractivity contribution in [3.8, 4) is 0 Å². The van der Waals surface area contributed by atoms with Crippen LogP contribution in [0.3, 0.4) is 0 Å². The number of hydrogen-bond acceptors (Lipinski definition) is 1. The summed E-state index contributed by atoms with van der Waals surface area (Å²) >= 11 is 0. The lowest BCUT2D eigenvalue weighted by Crippen LogP contribution is -2.41. The molecule has 0 aliphatic rings. The minimum Gasteiger partial charge on any atom is -0.325 e. The van der Waals surface area contributed by atoms with E-state index in [9.17, 15) is 0 Å². The standard InChI is InChI=1S/C18H30.C8H19N/c1-2-3-4-5-6-7-8-9-10-12-15-18-16-13-11-14-17-18;1-6(2)7(3)8(4,5)9/h11,13-14,16-17H,2-10,12,15H2,1H3;6-7H,9H2,1-5H3. The molecule has 0 amide bonds. The quantitative estimate of drug-likeness (QED) is 0.346. The molecule has 1 aromatic rings. The lowest BCUT2D eigenvalue weighted by Gasteiger charge is -2.30. The Morgan fingerprint density at radius 3 is 1.56 bits per heavy atom. The molecule has 1 atom stereocenters. The van der Waals surface area contributed by atoms with Crippen LogP contribution in [0.5, 0.6) is 0 Å². The van der Waals surface area contributed by atoms with Gasteiger partial charge in [-0.1, -0.05) is 116 Å². The van der Waals surface area contributed by atoms with Gasteiger partial charge >= 0.3 is 0 Å². The molecular weight excluding hydrogens is 326 g/mol. The third-order valence-electron chi connectivity index (χ3n) is 5.84. The van der Waals surface area contributed by atoms with Gasteiger partial charge in [-0.05, 0) is 44.1 Å². The van der Waals surface area contributed by atoms with Crippen LogP contribution >= 0.6 is 0 Å². The highest BCUT2D eigenvalue weighted by atomic mass is 14.7. The Morgan fingerprint density at radius 1 is 0.741 bits per heavy atom. The highest BCUT2D eigenvalue weighted by molar-refractivity contribution is 5.14.